The van der Waals surface area contributed by atoms with E-state index in [1.54, 1.807) is 0 Å². The minimum Gasteiger partial charge on any atom is -0.512 e. The number of carboxylic acid groups (broad SMARTS) is 1. The monoisotopic (exact) mass is 422 g/mol. The van der Waals surface area contributed by atoms with E-state index in [1.165, 1.54) is 29.3 Å². The lowest BCUT2D eigenvalue weighted by molar-refractivity contribution is -0.133. The maximum atomic E-state index is 10.7. The molecule has 0 amide bonds. The first-order valence-electron chi connectivity index (χ1n) is 11.0. The molecular formula is C24H38O4S. The van der Waals surface area contributed by atoms with E-state index < -0.39 is 12.1 Å². The van der Waals surface area contributed by atoms with Gasteiger partial charge in [0.25, 0.3) is 0 Å². The number of hydrogen-bond donors (Lipinski definition) is 3. The van der Waals surface area contributed by atoms with Crippen LogP contribution in [0, 0.1) is 23.7 Å². The van der Waals surface area contributed by atoms with Crippen molar-refractivity contribution in [3.05, 3.63) is 35.1 Å². The van der Waals surface area contributed by atoms with Crippen molar-refractivity contribution in [1.29, 1.82) is 0 Å². The maximum Gasteiger partial charge on any atom is 0.313 e. The number of rotatable bonds is 12. The van der Waals surface area contributed by atoms with E-state index >= 15 is 0 Å². The number of aliphatic carboxylic acids is 1. The summed E-state index contributed by atoms with van der Waals surface area (Å²) in [6.45, 7) is 6.52. The minimum atomic E-state index is -0.767. The van der Waals surface area contributed by atoms with E-state index in [0.29, 0.717) is 17.6 Å². The number of carboxylic acids is 1. The van der Waals surface area contributed by atoms with E-state index in [9.17, 15) is 15.0 Å². The van der Waals surface area contributed by atoms with Gasteiger partial charge in [0.05, 0.1) is 17.6 Å². The summed E-state index contributed by atoms with van der Waals surface area (Å²) in [5, 5.41) is 29.9. The average Bonchev–Trinajstić information content (AvgIpc) is 3.13. The largest absolute Gasteiger partial charge is 0.512 e. The number of fused-ring (bicyclic) bond motifs is 1. The summed E-state index contributed by atoms with van der Waals surface area (Å²) in [7, 11) is 0. The molecule has 0 aromatic carbocycles. The van der Waals surface area contributed by atoms with Gasteiger partial charge in [0, 0.05) is 5.92 Å². The lowest BCUT2D eigenvalue weighted by Crippen LogP contribution is -2.22. The fraction of sp³-hybridized carbons (Fsp3) is 0.708. The second kappa shape index (κ2) is 11.8. The van der Waals surface area contributed by atoms with Crippen molar-refractivity contribution in [1.82, 2.24) is 0 Å². The Kier molecular flexibility index (Phi) is 9.84. The van der Waals surface area contributed by atoms with Crippen molar-refractivity contribution >= 4 is 17.7 Å². The van der Waals surface area contributed by atoms with Crippen LogP contribution in [0.4, 0.5) is 0 Å². The number of aliphatic hydroxyl groups excluding tert-OH is 2. The normalized spacial score (nSPS) is 27.4. The molecule has 1 fully saturated rings. The van der Waals surface area contributed by atoms with Crippen LogP contribution in [-0.2, 0) is 4.79 Å². The van der Waals surface area contributed by atoms with Crippen LogP contribution in [0.2, 0.25) is 0 Å². The molecule has 3 N–H and O–H groups in total. The Balaban J connectivity index is 1.79. The van der Waals surface area contributed by atoms with E-state index in [4.69, 9.17) is 5.11 Å². The standard InChI is InChI=1S/C24H38O4S/c1-16(2)6-4-7-17(3)8-5-9-21(25)24-20-13-18(10-11-29-15-23(27)28)12-19(20)14-22(24)26/h6,9,12,17,19-20,22,24-26H,4-5,7-8,10-11,13-15H2,1-3H3,(H,27,28)/t17-,19-,20-,22+,24-/m1/s1. The summed E-state index contributed by atoms with van der Waals surface area (Å²) >= 11 is 1.45. The van der Waals surface area contributed by atoms with Gasteiger partial charge in [0.1, 0.15) is 0 Å². The number of allylic oxidation sites excluding steroid dienone is 5. The first kappa shape index (κ1) is 24.1. The van der Waals surface area contributed by atoms with Crippen molar-refractivity contribution in [3.8, 4) is 0 Å². The fourth-order valence-electron chi connectivity index (χ4n) is 4.71. The Labute approximate surface area is 180 Å². The molecule has 0 saturated heterocycles. The molecule has 0 unspecified atom stereocenters. The molecular weight excluding hydrogens is 384 g/mol. The molecule has 0 radical (unpaired) electrons. The Morgan fingerprint density at radius 2 is 1.93 bits per heavy atom. The van der Waals surface area contributed by atoms with Crippen molar-refractivity contribution in [2.24, 2.45) is 23.7 Å². The molecule has 0 aromatic rings. The quantitative estimate of drug-likeness (QED) is 0.212. The van der Waals surface area contributed by atoms with Crippen LogP contribution in [0.25, 0.3) is 0 Å². The molecule has 2 aliphatic rings. The predicted octanol–water partition coefficient (Wildman–Crippen LogP) is 5.74. The summed E-state index contributed by atoms with van der Waals surface area (Å²) in [6, 6.07) is 0. The topological polar surface area (TPSA) is 77.8 Å². The number of hydrogen-bond acceptors (Lipinski definition) is 4. The Bertz CT molecular complexity index is 633. The first-order chi connectivity index (χ1) is 13.8. The van der Waals surface area contributed by atoms with E-state index in [1.807, 2.05) is 6.08 Å². The van der Waals surface area contributed by atoms with Crippen LogP contribution < -0.4 is 0 Å². The first-order valence-corrected chi connectivity index (χ1v) is 12.1. The highest BCUT2D eigenvalue weighted by Gasteiger charge is 2.46. The predicted molar refractivity (Wildman–Crippen MR) is 121 cm³/mol. The van der Waals surface area contributed by atoms with Crippen molar-refractivity contribution in [2.75, 3.05) is 11.5 Å². The zero-order chi connectivity index (χ0) is 21.4. The van der Waals surface area contributed by atoms with Crippen LogP contribution in [-0.4, -0.2) is 38.9 Å². The van der Waals surface area contributed by atoms with Crippen molar-refractivity contribution in [3.63, 3.8) is 0 Å². The Morgan fingerprint density at radius 3 is 2.59 bits per heavy atom. The molecule has 164 valence electrons. The van der Waals surface area contributed by atoms with Crippen LogP contribution >= 0.6 is 11.8 Å². The molecule has 0 bridgehead atoms. The number of thioether (sulfide) groups is 1. The second-order valence-corrected chi connectivity index (χ2v) is 10.2. The minimum absolute atomic E-state index is 0.151. The lowest BCUT2D eigenvalue weighted by Gasteiger charge is -2.21. The molecule has 4 nitrogen and oxygen atoms in total. The SMILES string of the molecule is CC(C)=CCC[C@@H](C)CCC=C(O)[C@H]1[C@@H]2CC(CCSCC(=O)O)=C[C@@H]2C[C@@H]1O. The van der Waals surface area contributed by atoms with Crippen molar-refractivity contribution in [2.45, 2.75) is 71.8 Å². The molecule has 0 aliphatic heterocycles. The molecule has 0 heterocycles. The smallest absolute Gasteiger partial charge is 0.313 e. The number of carbonyl (C=O) groups is 1. The molecule has 0 spiro atoms. The fourth-order valence-corrected chi connectivity index (χ4v) is 5.44. The summed E-state index contributed by atoms with van der Waals surface area (Å²) in [4.78, 5) is 10.6. The molecule has 0 aromatic heterocycles. The lowest BCUT2D eigenvalue weighted by atomic mass is 9.87. The third kappa shape index (κ3) is 7.86. The van der Waals surface area contributed by atoms with E-state index in [0.717, 1.165) is 44.3 Å². The van der Waals surface area contributed by atoms with Gasteiger partial charge >= 0.3 is 5.97 Å². The van der Waals surface area contributed by atoms with Gasteiger partial charge in [-0.25, -0.2) is 0 Å². The van der Waals surface area contributed by atoms with Gasteiger partial charge in [-0.2, -0.15) is 0 Å². The molecule has 2 aliphatic carbocycles. The van der Waals surface area contributed by atoms with E-state index in [-0.39, 0.29) is 17.6 Å². The molecule has 2 rings (SSSR count). The summed E-state index contributed by atoms with van der Waals surface area (Å²) < 4.78 is 0. The Morgan fingerprint density at radius 1 is 1.24 bits per heavy atom. The molecule has 1 saturated carbocycles. The second-order valence-electron chi connectivity index (χ2n) is 9.05. The molecule has 29 heavy (non-hydrogen) atoms. The van der Waals surface area contributed by atoms with Gasteiger partial charge in [0.15, 0.2) is 0 Å². The van der Waals surface area contributed by atoms with Crippen LogP contribution in [0.3, 0.4) is 0 Å². The average molecular weight is 423 g/mol. The summed E-state index contributed by atoms with van der Waals surface area (Å²) in [5.41, 5.74) is 2.72. The van der Waals surface area contributed by atoms with Gasteiger partial charge in [-0.1, -0.05) is 30.2 Å². The van der Waals surface area contributed by atoms with Crippen LogP contribution in [0.5, 0.6) is 0 Å². The highest BCUT2D eigenvalue weighted by Crippen LogP contribution is 2.49. The summed E-state index contributed by atoms with van der Waals surface area (Å²) in [5.74, 6) is 1.67. The van der Waals surface area contributed by atoms with Crippen LogP contribution in [0.15, 0.2) is 35.1 Å². The van der Waals surface area contributed by atoms with E-state index in [2.05, 4.69) is 32.9 Å². The van der Waals surface area contributed by atoms with Gasteiger partial charge < -0.3 is 15.3 Å². The van der Waals surface area contributed by atoms with Gasteiger partial charge in [-0.15, -0.1) is 11.8 Å². The van der Waals surface area contributed by atoms with Crippen molar-refractivity contribution < 1.29 is 20.1 Å². The third-order valence-corrected chi connectivity index (χ3v) is 7.19. The zero-order valence-electron chi connectivity index (χ0n) is 18.1. The highest BCUT2D eigenvalue weighted by atomic mass is 32.2. The van der Waals surface area contributed by atoms with Crippen LogP contribution in [0.1, 0.15) is 65.7 Å². The van der Waals surface area contributed by atoms with Gasteiger partial charge in [-0.3, -0.25) is 4.79 Å². The summed E-state index contributed by atoms with van der Waals surface area (Å²) in [6.07, 6.45) is 12.8. The zero-order valence-corrected chi connectivity index (χ0v) is 19.0. The third-order valence-electron chi connectivity index (χ3n) is 6.25. The highest BCUT2D eigenvalue weighted by molar-refractivity contribution is 7.99. The van der Waals surface area contributed by atoms with Gasteiger partial charge in [-0.05, 0) is 88.4 Å². The van der Waals surface area contributed by atoms with Gasteiger partial charge in [0.2, 0.25) is 0 Å². The number of aliphatic hydroxyl groups is 2. The molecule has 5 atom stereocenters. The maximum absolute atomic E-state index is 10.7. The Hall–Kier alpha value is -1.20. The molecule has 5 heteroatoms.